The molecule has 2 amide bonds. The van der Waals surface area contributed by atoms with Crippen molar-refractivity contribution in [1.82, 2.24) is 10.2 Å². The molecule has 1 atom stereocenters. The zero-order chi connectivity index (χ0) is 21.5. The SMILES string of the molecule is CCN(CCCNC(=O)[C@H]1CCC(=O)N1Cc1ccc(C)cc1)c1cccc(C)c1. The fourth-order valence-corrected chi connectivity index (χ4v) is 3.99. The summed E-state index contributed by atoms with van der Waals surface area (Å²) in [5.74, 6) is 0.0268. The van der Waals surface area contributed by atoms with Gasteiger partial charge in [0.15, 0.2) is 0 Å². The quantitative estimate of drug-likeness (QED) is 0.643. The minimum absolute atomic E-state index is 0.0356. The van der Waals surface area contributed by atoms with Crippen molar-refractivity contribution in [2.75, 3.05) is 24.5 Å². The molecule has 0 aromatic heterocycles. The molecular weight excluding hydrogens is 374 g/mol. The van der Waals surface area contributed by atoms with Crippen molar-refractivity contribution >= 4 is 17.5 Å². The Labute approximate surface area is 180 Å². The van der Waals surface area contributed by atoms with Crippen molar-refractivity contribution in [3.05, 3.63) is 65.2 Å². The third-order valence-electron chi connectivity index (χ3n) is 5.76. The Morgan fingerprint density at radius 3 is 2.60 bits per heavy atom. The Bertz CT molecular complexity index is 863. The van der Waals surface area contributed by atoms with Gasteiger partial charge >= 0.3 is 0 Å². The number of nitrogens with zero attached hydrogens (tertiary/aromatic N) is 2. The first-order valence-corrected chi connectivity index (χ1v) is 10.9. The second-order valence-electron chi connectivity index (χ2n) is 8.12. The summed E-state index contributed by atoms with van der Waals surface area (Å²) in [5, 5.41) is 3.05. The molecule has 0 spiro atoms. The smallest absolute Gasteiger partial charge is 0.242 e. The predicted octanol–water partition coefficient (Wildman–Crippen LogP) is 3.83. The van der Waals surface area contributed by atoms with Gasteiger partial charge in [-0.05, 0) is 56.9 Å². The topological polar surface area (TPSA) is 52.7 Å². The van der Waals surface area contributed by atoms with E-state index in [1.54, 1.807) is 4.90 Å². The summed E-state index contributed by atoms with van der Waals surface area (Å²) < 4.78 is 0. The molecule has 1 saturated heterocycles. The number of amides is 2. The lowest BCUT2D eigenvalue weighted by Gasteiger charge is -2.25. The highest BCUT2D eigenvalue weighted by Crippen LogP contribution is 2.22. The largest absolute Gasteiger partial charge is 0.372 e. The van der Waals surface area contributed by atoms with Gasteiger partial charge in [-0.2, -0.15) is 0 Å². The minimum atomic E-state index is -0.363. The number of anilines is 1. The highest BCUT2D eigenvalue weighted by Gasteiger charge is 2.35. The average Bonchev–Trinajstić information content (AvgIpc) is 3.10. The summed E-state index contributed by atoms with van der Waals surface area (Å²) in [6.07, 6.45) is 1.91. The normalized spacial score (nSPS) is 16.0. The van der Waals surface area contributed by atoms with Crippen LogP contribution in [-0.2, 0) is 16.1 Å². The number of benzene rings is 2. The molecule has 5 heteroatoms. The number of hydrogen-bond acceptors (Lipinski definition) is 3. The molecule has 1 aliphatic rings. The molecule has 1 heterocycles. The van der Waals surface area contributed by atoms with E-state index in [4.69, 9.17) is 0 Å². The fourth-order valence-electron chi connectivity index (χ4n) is 3.99. The van der Waals surface area contributed by atoms with Gasteiger partial charge in [0.2, 0.25) is 11.8 Å². The number of nitrogens with one attached hydrogen (secondary N) is 1. The lowest BCUT2D eigenvalue weighted by molar-refractivity contribution is -0.135. The van der Waals surface area contributed by atoms with Gasteiger partial charge in [-0.15, -0.1) is 0 Å². The van der Waals surface area contributed by atoms with Crippen molar-refractivity contribution < 1.29 is 9.59 Å². The number of rotatable bonds is 9. The maximum Gasteiger partial charge on any atom is 0.242 e. The Morgan fingerprint density at radius 1 is 1.13 bits per heavy atom. The van der Waals surface area contributed by atoms with Gasteiger partial charge in [0, 0.05) is 38.3 Å². The van der Waals surface area contributed by atoms with E-state index in [9.17, 15) is 9.59 Å². The molecule has 0 unspecified atom stereocenters. The van der Waals surface area contributed by atoms with Crippen LogP contribution in [0.4, 0.5) is 5.69 Å². The molecule has 2 aromatic rings. The molecule has 2 aromatic carbocycles. The van der Waals surface area contributed by atoms with Gasteiger partial charge in [0.1, 0.15) is 6.04 Å². The van der Waals surface area contributed by atoms with Crippen molar-refractivity contribution in [3.63, 3.8) is 0 Å². The van der Waals surface area contributed by atoms with Crippen LogP contribution >= 0.6 is 0 Å². The summed E-state index contributed by atoms with van der Waals surface area (Å²) >= 11 is 0. The van der Waals surface area contributed by atoms with Crippen LogP contribution in [0.25, 0.3) is 0 Å². The molecule has 1 N–H and O–H groups in total. The first-order valence-electron chi connectivity index (χ1n) is 10.9. The number of likely N-dealkylation sites (tertiary alicyclic amines) is 1. The van der Waals surface area contributed by atoms with Crippen LogP contribution in [0.2, 0.25) is 0 Å². The van der Waals surface area contributed by atoms with E-state index in [-0.39, 0.29) is 17.9 Å². The third kappa shape index (κ3) is 5.62. The zero-order valence-corrected chi connectivity index (χ0v) is 18.4. The van der Waals surface area contributed by atoms with Crippen molar-refractivity contribution in [3.8, 4) is 0 Å². The summed E-state index contributed by atoms with van der Waals surface area (Å²) in [6.45, 7) is 9.21. The summed E-state index contributed by atoms with van der Waals surface area (Å²) in [5.41, 5.74) is 4.71. The van der Waals surface area contributed by atoms with E-state index in [2.05, 4.69) is 48.3 Å². The second-order valence-corrected chi connectivity index (χ2v) is 8.12. The number of carbonyl (C=O) groups excluding carboxylic acids is 2. The lowest BCUT2D eigenvalue weighted by atomic mass is 10.1. The third-order valence-corrected chi connectivity index (χ3v) is 5.76. The van der Waals surface area contributed by atoms with Crippen LogP contribution in [0, 0.1) is 13.8 Å². The van der Waals surface area contributed by atoms with E-state index < -0.39 is 0 Å². The van der Waals surface area contributed by atoms with Crippen LogP contribution in [0.15, 0.2) is 48.5 Å². The maximum absolute atomic E-state index is 12.8. The van der Waals surface area contributed by atoms with Crippen molar-refractivity contribution in [2.45, 2.75) is 52.6 Å². The number of carbonyl (C=O) groups is 2. The average molecular weight is 408 g/mol. The van der Waals surface area contributed by atoms with E-state index in [0.717, 1.165) is 25.1 Å². The van der Waals surface area contributed by atoms with Crippen LogP contribution < -0.4 is 10.2 Å². The van der Waals surface area contributed by atoms with Crippen LogP contribution in [0.1, 0.15) is 42.9 Å². The lowest BCUT2D eigenvalue weighted by Crippen LogP contribution is -2.44. The number of aryl methyl sites for hydroxylation is 2. The molecule has 0 saturated carbocycles. The maximum atomic E-state index is 12.8. The Hall–Kier alpha value is -2.82. The van der Waals surface area contributed by atoms with E-state index in [1.807, 2.05) is 31.2 Å². The van der Waals surface area contributed by atoms with Gasteiger partial charge < -0.3 is 15.1 Å². The summed E-state index contributed by atoms with van der Waals surface area (Å²) in [7, 11) is 0. The molecule has 30 heavy (non-hydrogen) atoms. The highest BCUT2D eigenvalue weighted by atomic mass is 16.2. The molecule has 1 aliphatic heterocycles. The van der Waals surface area contributed by atoms with Gasteiger partial charge in [-0.3, -0.25) is 9.59 Å². The van der Waals surface area contributed by atoms with Gasteiger partial charge in [-0.25, -0.2) is 0 Å². The Morgan fingerprint density at radius 2 is 1.90 bits per heavy atom. The van der Waals surface area contributed by atoms with Gasteiger partial charge in [0.25, 0.3) is 0 Å². The molecule has 160 valence electrons. The highest BCUT2D eigenvalue weighted by molar-refractivity contribution is 5.90. The fraction of sp³-hybridized carbons (Fsp3) is 0.440. The Balaban J connectivity index is 1.49. The first kappa shape index (κ1) is 21.9. The van der Waals surface area contributed by atoms with E-state index in [1.165, 1.54) is 16.8 Å². The van der Waals surface area contributed by atoms with Crippen LogP contribution in [-0.4, -0.2) is 42.4 Å². The molecule has 5 nitrogen and oxygen atoms in total. The molecule has 0 radical (unpaired) electrons. The molecule has 1 fully saturated rings. The second kappa shape index (κ2) is 10.3. The van der Waals surface area contributed by atoms with Crippen LogP contribution in [0.5, 0.6) is 0 Å². The van der Waals surface area contributed by atoms with Gasteiger partial charge in [0.05, 0.1) is 0 Å². The van der Waals surface area contributed by atoms with Crippen LogP contribution in [0.3, 0.4) is 0 Å². The molecule has 0 bridgehead atoms. The zero-order valence-electron chi connectivity index (χ0n) is 18.4. The summed E-state index contributed by atoms with van der Waals surface area (Å²) in [6, 6.07) is 16.3. The minimum Gasteiger partial charge on any atom is -0.372 e. The monoisotopic (exact) mass is 407 g/mol. The molecule has 0 aliphatic carbocycles. The van der Waals surface area contributed by atoms with Crippen molar-refractivity contribution in [2.24, 2.45) is 0 Å². The van der Waals surface area contributed by atoms with Gasteiger partial charge in [-0.1, -0.05) is 42.0 Å². The Kier molecular flexibility index (Phi) is 7.50. The molecule has 3 rings (SSSR count). The van der Waals surface area contributed by atoms with Crippen molar-refractivity contribution in [1.29, 1.82) is 0 Å². The summed E-state index contributed by atoms with van der Waals surface area (Å²) in [4.78, 5) is 29.1. The first-order chi connectivity index (χ1) is 14.5. The van der Waals surface area contributed by atoms with E-state index in [0.29, 0.717) is 25.9 Å². The van der Waals surface area contributed by atoms with E-state index >= 15 is 0 Å². The number of hydrogen-bond donors (Lipinski definition) is 1. The molecular formula is C25H33N3O2. The standard InChI is InChI=1S/C25H33N3O2/c1-4-27(22-8-5-7-20(3)17-22)16-6-15-26-25(30)23-13-14-24(29)28(23)18-21-11-9-19(2)10-12-21/h5,7-12,17,23H,4,6,13-16,18H2,1-3H3,(H,26,30)/t23-/m1/s1. The predicted molar refractivity (Wildman–Crippen MR) is 121 cm³/mol.